The van der Waals surface area contributed by atoms with Gasteiger partial charge in [0.2, 0.25) is 11.1 Å². The number of tetrazole rings is 1. The lowest BCUT2D eigenvalue weighted by molar-refractivity contribution is -0.127. The number of thioether (sulfide) groups is 1. The van der Waals surface area contributed by atoms with Crippen molar-refractivity contribution in [1.29, 1.82) is 0 Å². The highest BCUT2D eigenvalue weighted by Gasteiger charge is 2.28. The molecule has 0 saturated heterocycles. The molecule has 1 heterocycles. The minimum atomic E-state index is 0.00594. The molecule has 23 heavy (non-hydrogen) atoms. The Kier molecular flexibility index (Phi) is 5.08. The van der Waals surface area contributed by atoms with E-state index in [0.717, 1.165) is 18.4 Å². The van der Waals surface area contributed by atoms with E-state index in [2.05, 4.69) is 15.5 Å². The van der Waals surface area contributed by atoms with E-state index in [4.69, 9.17) is 23.2 Å². The Bertz CT molecular complexity index is 719. The predicted octanol–water partition coefficient (Wildman–Crippen LogP) is 3.07. The van der Waals surface area contributed by atoms with E-state index in [1.165, 1.54) is 11.8 Å². The fourth-order valence-electron chi connectivity index (χ4n) is 2.07. The number of carbonyl (C=O) groups excluding carboxylic acids is 1. The summed E-state index contributed by atoms with van der Waals surface area (Å²) in [7, 11) is 1.76. The molecule has 1 aromatic carbocycles. The fraction of sp³-hybridized carbons (Fsp3) is 0.429. The van der Waals surface area contributed by atoms with Crippen molar-refractivity contribution in [2.45, 2.75) is 30.6 Å². The molecule has 0 spiro atoms. The zero-order chi connectivity index (χ0) is 16.4. The Morgan fingerprint density at radius 2 is 2.17 bits per heavy atom. The van der Waals surface area contributed by atoms with Gasteiger partial charge in [0.25, 0.3) is 0 Å². The van der Waals surface area contributed by atoms with Gasteiger partial charge in [-0.25, -0.2) is 4.68 Å². The highest BCUT2D eigenvalue weighted by molar-refractivity contribution is 7.99. The van der Waals surface area contributed by atoms with Crippen LogP contribution in [0.1, 0.15) is 24.4 Å². The average molecular weight is 372 g/mol. The average Bonchev–Trinajstić information content (AvgIpc) is 3.27. The molecular weight excluding hydrogens is 357 g/mol. The van der Waals surface area contributed by atoms with Gasteiger partial charge >= 0.3 is 0 Å². The van der Waals surface area contributed by atoms with Gasteiger partial charge in [-0.2, -0.15) is 0 Å². The van der Waals surface area contributed by atoms with Gasteiger partial charge in [-0.15, -0.1) is 5.10 Å². The number of aromatic nitrogens is 4. The number of halogens is 2. The Morgan fingerprint density at radius 3 is 2.87 bits per heavy atom. The monoisotopic (exact) mass is 371 g/mol. The number of hydrogen-bond donors (Lipinski definition) is 0. The molecule has 1 fully saturated rings. The van der Waals surface area contributed by atoms with E-state index >= 15 is 0 Å². The molecule has 9 heteroatoms. The Labute approximate surface area is 148 Å². The third-order valence-electron chi connectivity index (χ3n) is 3.51. The zero-order valence-corrected chi connectivity index (χ0v) is 14.8. The Hall–Kier alpha value is -1.31. The topological polar surface area (TPSA) is 63.9 Å². The molecule has 0 unspecified atom stereocenters. The van der Waals surface area contributed by atoms with Gasteiger partial charge in [0.15, 0.2) is 0 Å². The fourth-order valence-corrected chi connectivity index (χ4v) is 3.27. The van der Waals surface area contributed by atoms with Gasteiger partial charge in [-0.05, 0) is 41.0 Å². The summed E-state index contributed by atoms with van der Waals surface area (Å²) in [6.07, 6.45) is 2.20. The van der Waals surface area contributed by atoms with Crippen molar-refractivity contribution in [1.82, 2.24) is 25.1 Å². The summed E-state index contributed by atoms with van der Waals surface area (Å²) in [5.74, 6) is 0.302. The van der Waals surface area contributed by atoms with Crippen LogP contribution in [-0.4, -0.2) is 43.8 Å². The Balaban J connectivity index is 1.54. The van der Waals surface area contributed by atoms with E-state index in [1.54, 1.807) is 28.8 Å². The van der Waals surface area contributed by atoms with Crippen LogP contribution in [0.25, 0.3) is 0 Å². The first-order valence-electron chi connectivity index (χ1n) is 7.13. The first kappa shape index (κ1) is 16.5. The number of benzene rings is 1. The number of amides is 1. The molecule has 1 aromatic heterocycles. The van der Waals surface area contributed by atoms with Crippen molar-refractivity contribution in [2.75, 3.05) is 12.8 Å². The van der Waals surface area contributed by atoms with Crippen LogP contribution in [0.3, 0.4) is 0 Å². The molecule has 1 amide bonds. The maximum absolute atomic E-state index is 12.3. The van der Waals surface area contributed by atoms with Crippen molar-refractivity contribution in [3.63, 3.8) is 0 Å². The quantitative estimate of drug-likeness (QED) is 0.730. The highest BCUT2D eigenvalue weighted by Crippen LogP contribution is 2.36. The third kappa shape index (κ3) is 4.16. The minimum absolute atomic E-state index is 0.00594. The molecule has 0 radical (unpaired) electrons. The first-order chi connectivity index (χ1) is 11.0. The van der Waals surface area contributed by atoms with Crippen molar-refractivity contribution in [3.8, 4) is 0 Å². The van der Waals surface area contributed by atoms with Crippen LogP contribution in [0, 0.1) is 0 Å². The number of hydrogen-bond acceptors (Lipinski definition) is 5. The smallest absolute Gasteiger partial charge is 0.233 e. The van der Waals surface area contributed by atoms with Crippen molar-refractivity contribution >= 4 is 40.9 Å². The van der Waals surface area contributed by atoms with Crippen LogP contribution < -0.4 is 0 Å². The molecule has 0 N–H and O–H groups in total. The van der Waals surface area contributed by atoms with Crippen LogP contribution in [-0.2, 0) is 11.3 Å². The summed E-state index contributed by atoms with van der Waals surface area (Å²) >= 11 is 13.3. The molecule has 1 aliphatic rings. The lowest BCUT2D eigenvalue weighted by Crippen LogP contribution is -2.27. The minimum Gasteiger partial charge on any atom is -0.341 e. The zero-order valence-electron chi connectivity index (χ0n) is 12.4. The second-order valence-corrected chi connectivity index (χ2v) is 7.18. The lowest BCUT2D eigenvalue weighted by Gasteiger charge is -2.17. The van der Waals surface area contributed by atoms with E-state index in [-0.39, 0.29) is 5.91 Å². The summed E-state index contributed by atoms with van der Waals surface area (Å²) in [5.41, 5.74) is 0.933. The molecule has 2 aromatic rings. The van der Waals surface area contributed by atoms with Crippen LogP contribution in [0.5, 0.6) is 0 Å². The summed E-state index contributed by atoms with van der Waals surface area (Å²) in [5, 5.41) is 13.3. The number of rotatable bonds is 6. The Morgan fingerprint density at radius 1 is 1.39 bits per heavy atom. The molecule has 0 aliphatic heterocycles. The molecule has 6 nitrogen and oxygen atoms in total. The molecule has 1 saturated carbocycles. The van der Waals surface area contributed by atoms with E-state index in [0.29, 0.717) is 33.5 Å². The van der Waals surface area contributed by atoms with Crippen LogP contribution in [0.4, 0.5) is 0 Å². The van der Waals surface area contributed by atoms with Gasteiger partial charge in [0.05, 0.1) is 21.8 Å². The van der Waals surface area contributed by atoms with E-state index < -0.39 is 0 Å². The number of nitrogens with zero attached hydrogens (tertiary/aromatic N) is 5. The normalized spacial score (nSPS) is 14.0. The molecular formula is C14H15Cl2N5OS. The molecule has 122 valence electrons. The van der Waals surface area contributed by atoms with Crippen LogP contribution in [0.2, 0.25) is 10.0 Å². The molecule has 3 rings (SSSR count). The second kappa shape index (κ2) is 7.07. The SMILES string of the molecule is CN(Cc1ccc(Cl)c(Cl)c1)C(=O)CSc1nnnn1C1CC1. The van der Waals surface area contributed by atoms with E-state index in [1.807, 2.05) is 6.07 Å². The standard InChI is InChI=1S/C14H15Cl2N5OS/c1-20(7-9-2-5-11(15)12(16)6-9)13(22)8-23-14-17-18-19-21(14)10-3-4-10/h2,5-6,10H,3-4,7-8H2,1H3. The summed E-state index contributed by atoms with van der Waals surface area (Å²) in [4.78, 5) is 13.9. The van der Waals surface area contributed by atoms with Crippen molar-refractivity contribution in [3.05, 3.63) is 33.8 Å². The van der Waals surface area contributed by atoms with E-state index in [9.17, 15) is 4.79 Å². The lowest BCUT2D eigenvalue weighted by atomic mass is 10.2. The highest BCUT2D eigenvalue weighted by atomic mass is 35.5. The number of carbonyl (C=O) groups is 1. The first-order valence-corrected chi connectivity index (χ1v) is 8.87. The second-order valence-electron chi connectivity index (χ2n) is 5.42. The summed E-state index contributed by atoms with van der Waals surface area (Å²) < 4.78 is 1.80. The predicted molar refractivity (Wildman–Crippen MR) is 89.7 cm³/mol. The van der Waals surface area contributed by atoms with Crippen molar-refractivity contribution < 1.29 is 4.79 Å². The summed E-state index contributed by atoms with van der Waals surface area (Å²) in [6, 6.07) is 5.76. The largest absolute Gasteiger partial charge is 0.341 e. The maximum Gasteiger partial charge on any atom is 0.233 e. The van der Waals surface area contributed by atoms with Gasteiger partial charge in [-0.3, -0.25) is 4.79 Å². The van der Waals surface area contributed by atoms with Crippen LogP contribution in [0.15, 0.2) is 23.4 Å². The third-order valence-corrected chi connectivity index (χ3v) is 5.17. The van der Waals surface area contributed by atoms with Crippen LogP contribution >= 0.6 is 35.0 Å². The van der Waals surface area contributed by atoms with Gasteiger partial charge < -0.3 is 4.90 Å². The molecule has 1 aliphatic carbocycles. The maximum atomic E-state index is 12.3. The summed E-state index contributed by atoms with van der Waals surface area (Å²) in [6.45, 7) is 0.476. The molecule has 0 atom stereocenters. The van der Waals surface area contributed by atoms with Gasteiger partial charge in [0, 0.05) is 13.6 Å². The molecule has 0 bridgehead atoms. The van der Waals surface area contributed by atoms with Gasteiger partial charge in [-0.1, -0.05) is 41.0 Å². The van der Waals surface area contributed by atoms with Crippen molar-refractivity contribution in [2.24, 2.45) is 0 Å². The van der Waals surface area contributed by atoms with Gasteiger partial charge in [0.1, 0.15) is 0 Å².